The number of aliphatic hydroxyl groups is 1. The van der Waals surface area contributed by atoms with Gasteiger partial charge in [0.15, 0.2) is 0 Å². The van der Waals surface area contributed by atoms with Crippen LogP contribution in [-0.4, -0.2) is 30.0 Å². The second-order valence-corrected chi connectivity index (χ2v) is 4.67. The van der Waals surface area contributed by atoms with E-state index in [1.54, 1.807) is 6.92 Å². The quantitative estimate of drug-likeness (QED) is 0.697. The number of ether oxygens (including phenoxy) is 1. The van der Waals surface area contributed by atoms with E-state index in [2.05, 4.69) is 20.8 Å². The molecule has 0 spiro atoms. The molecule has 3 N–H and O–H groups in total. The molecule has 3 atom stereocenters. The van der Waals surface area contributed by atoms with E-state index in [0.29, 0.717) is 6.54 Å². The van der Waals surface area contributed by atoms with Crippen LogP contribution in [0.25, 0.3) is 0 Å². The van der Waals surface area contributed by atoms with Crippen LogP contribution in [0.3, 0.4) is 0 Å². The first-order valence-electron chi connectivity index (χ1n) is 4.82. The lowest BCUT2D eigenvalue weighted by molar-refractivity contribution is -0.0944. The van der Waals surface area contributed by atoms with Crippen molar-refractivity contribution in [2.45, 2.75) is 52.9 Å². The Kier molecular flexibility index (Phi) is 4.89. The van der Waals surface area contributed by atoms with Gasteiger partial charge in [-0.3, -0.25) is 0 Å². The minimum absolute atomic E-state index is 0.00269. The first kappa shape index (κ1) is 12.9. The summed E-state index contributed by atoms with van der Waals surface area (Å²) in [6, 6.07) is 0. The maximum atomic E-state index is 9.27. The van der Waals surface area contributed by atoms with E-state index >= 15 is 0 Å². The van der Waals surface area contributed by atoms with Crippen molar-refractivity contribution in [3.8, 4) is 0 Å². The summed E-state index contributed by atoms with van der Waals surface area (Å²) < 4.78 is 5.65. The average Bonchev–Trinajstić information content (AvgIpc) is 1.96. The Morgan fingerprint density at radius 2 is 1.77 bits per heavy atom. The fourth-order valence-corrected chi connectivity index (χ4v) is 0.986. The molecule has 3 heteroatoms. The number of nitrogens with two attached hydrogens (primary N) is 1. The second-order valence-electron chi connectivity index (χ2n) is 4.67. The van der Waals surface area contributed by atoms with Crippen molar-refractivity contribution in [3.63, 3.8) is 0 Å². The molecule has 0 radical (unpaired) electrons. The van der Waals surface area contributed by atoms with Crippen LogP contribution >= 0.6 is 0 Å². The van der Waals surface area contributed by atoms with Crippen molar-refractivity contribution in [2.75, 3.05) is 6.54 Å². The number of hydrogen-bond acceptors (Lipinski definition) is 3. The van der Waals surface area contributed by atoms with Crippen LogP contribution in [0, 0.1) is 5.41 Å². The van der Waals surface area contributed by atoms with Gasteiger partial charge in [-0.05, 0) is 19.3 Å². The Labute approximate surface area is 81.3 Å². The van der Waals surface area contributed by atoms with Gasteiger partial charge in [-0.25, -0.2) is 0 Å². The van der Waals surface area contributed by atoms with Crippen LogP contribution in [0.2, 0.25) is 0 Å². The largest absolute Gasteiger partial charge is 0.391 e. The number of hydrogen-bond donors (Lipinski definition) is 2. The van der Waals surface area contributed by atoms with Crippen molar-refractivity contribution in [3.05, 3.63) is 0 Å². The maximum Gasteiger partial charge on any atom is 0.0807 e. The number of aliphatic hydroxyl groups excluding tert-OH is 1. The molecule has 80 valence electrons. The molecule has 0 aliphatic rings. The molecule has 0 saturated heterocycles. The van der Waals surface area contributed by atoms with Gasteiger partial charge < -0.3 is 15.6 Å². The van der Waals surface area contributed by atoms with E-state index < -0.39 is 6.10 Å². The maximum absolute atomic E-state index is 9.27. The molecule has 0 heterocycles. The molecule has 0 fully saturated rings. The smallest absolute Gasteiger partial charge is 0.0807 e. The van der Waals surface area contributed by atoms with Gasteiger partial charge in [0.1, 0.15) is 0 Å². The van der Waals surface area contributed by atoms with E-state index in [9.17, 15) is 5.11 Å². The molecule has 0 rings (SSSR count). The van der Waals surface area contributed by atoms with Crippen LogP contribution in [0.1, 0.15) is 34.6 Å². The Morgan fingerprint density at radius 1 is 1.31 bits per heavy atom. The predicted molar refractivity (Wildman–Crippen MR) is 54.5 cm³/mol. The second kappa shape index (κ2) is 4.94. The fraction of sp³-hybridized carbons (Fsp3) is 1.00. The van der Waals surface area contributed by atoms with Gasteiger partial charge in [-0.2, -0.15) is 0 Å². The van der Waals surface area contributed by atoms with Gasteiger partial charge >= 0.3 is 0 Å². The van der Waals surface area contributed by atoms with E-state index in [-0.39, 0.29) is 17.6 Å². The minimum Gasteiger partial charge on any atom is -0.391 e. The summed E-state index contributed by atoms with van der Waals surface area (Å²) in [7, 11) is 0. The van der Waals surface area contributed by atoms with E-state index in [4.69, 9.17) is 10.5 Å². The Balaban J connectivity index is 4.14. The van der Waals surface area contributed by atoms with Crippen molar-refractivity contribution in [2.24, 2.45) is 11.1 Å². The molecule has 13 heavy (non-hydrogen) atoms. The summed E-state index contributed by atoms with van der Waals surface area (Å²) in [5.74, 6) is 0. The third-order valence-corrected chi connectivity index (χ3v) is 2.24. The zero-order valence-corrected chi connectivity index (χ0v) is 9.37. The Bertz CT molecular complexity index is 140. The highest BCUT2D eigenvalue weighted by Gasteiger charge is 2.26. The van der Waals surface area contributed by atoms with Gasteiger partial charge in [0.2, 0.25) is 0 Å². The van der Waals surface area contributed by atoms with E-state index in [1.807, 2.05) is 6.92 Å². The molecule has 0 aromatic heterocycles. The molecule has 0 aromatic rings. The van der Waals surface area contributed by atoms with E-state index in [1.165, 1.54) is 0 Å². The topological polar surface area (TPSA) is 55.5 Å². The SMILES string of the molecule is CC(O)C(C)OC(CN)C(C)(C)C. The molecule has 0 aromatic carbocycles. The molecule has 0 amide bonds. The lowest BCUT2D eigenvalue weighted by atomic mass is 9.89. The zero-order valence-electron chi connectivity index (χ0n) is 9.37. The highest BCUT2D eigenvalue weighted by Crippen LogP contribution is 2.23. The van der Waals surface area contributed by atoms with Crippen LogP contribution in [0.15, 0.2) is 0 Å². The summed E-state index contributed by atoms with van der Waals surface area (Å²) in [6.45, 7) is 10.3. The first-order chi connectivity index (χ1) is 5.79. The monoisotopic (exact) mass is 189 g/mol. The molecule has 3 unspecified atom stereocenters. The summed E-state index contributed by atoms with van der Waals surface area (Å²) in [5.41, 5.74) is 5.63. The standard InChI is InChI=1S/C10H23NO2/c1-7(12)8(2)13-9(6-11)10(3,4)5/h7-9,12H,6,11H2,1-5H3. The van der Waals surface area contributed by atoms with Gasteiger partial charge in [-0.1, -0.05) is 20.8 Å². The van der Waals surface area contributed by atoms with Crippen LogP contribution in [0.5, 0.6) is 0 Å². The first-order valence-corrected chi connectivity index (χ1v) is 4.82. The molecular weight excluding hydrogens is 166 g/mol. The highest BCUT2D eigenvalue weighted by molar-refractivity contribution is 4.77. The van der Waals surface area contributed by atoms with Crippen molar-refractivity contribution < 1.29 is 9.84 Å². The normalized spacial score (nSPS) is 19.6. The van der Waals surface area contributed by atoms with Crippen molar-refractivity contribution in [1.29, 1.82) is 0 Å². The Morgan fingerprint density at radius 3 is 2.00 bits per heavy atom. The van der Waals surface area contributed by atoms with Gasteiger partial charge in [0.25, 0.3) is 0 Å². The Hall–Kier alpha value is -0.120. The predicted octanol–water partition coefficient (Wildman–Crippen LogP) is 1.15. The van der Waals surface area contributed by atoms with E-state index in [0.717, 1.165) is 0 Å². The minimum atomic E-state index is -0.448. The number of rotatable bonds is 4. The lowest BCUT2D eigenvalue weighted by Gasteiger charge is -2.32. The molecule has 0 bridgehead atoms. The molecule has 0 aliphatic carbocycles. The lowest BCUT2D eigenvalue weighted by Crippen LogP contribution is -2.41. The van der Waals surface area contributed by atoms with Crippen LogP contribution in [-0.2, 0) is 4.74 Å². The zero-order chi connectivity index (χ0) is 10.6. The fourth-order valence-electron chi connectivity index (χ4n) is 0.986. The van der Waals surface area contributed by atoms with Crippen LogP contribution < -0.4 is 5.73 Å². The summed E-state index contributed by atoms with van der Waals surface area (Å²) in [6.07, 6.45) is -0.610. The average molecular weight is 189 g/mol. The van der Waals surface area contributed by atoms with Crippen molar-refractivity contribution >= 4 is 0 Å². The van der Waals surface area contributed by atoms with Crippen molar-refractivity contribution in [1.82, 2.24) is 0 Å². The molecule has 0 saturated carbocycles. The third kappa shape index (κ3) is 4.60. The van der Waals surface area contributed by atoms with Crippen LogP contribution in [0.4, 0.5) is 0 Å². The van der Waals surface area contributed by atoms with Gasteiger partial charge in [-0.15, -0.1) is 0 Å². The molecule has 3 nitrogen and oxygen atoms in total. The third-order valence-electron chi connectivity index (χ3n) is 2.24. The summed E-state index contributed by atoms with van der Waals surface area (Å²) >= 11 is 0. The van der Waals surface area contributed by atoms with Gasteiger partial charge in [0.05, 0.1) is 18.3 Å². The summed E-state index contributed by atoms with van der Waals surface area (Å²) in [4.78, 5) is 0. The molecule has 0 aliphatic heterocycles. The highest BCUT2D eigenvalue weighted by atomic mass is 16.5. The molecular formula is C10H23NO2. The summed E-state index contributed by atoms with van der Waals surface area (Å²) in [5, 5.41) is 9.27. The van der Waals surface area contributed by atoms with Gasteiger partial charge in [0, 0.05) is 6.54 Å².